The molecule has 0 saturated carbocycles. The Morgan fingerprint density at radius 2 is 2.00 bits per heavy atom. The Balaban J connectivity index is 1.66. The van der Waals surface area contributed by atoms with Gasteiger partial charge in [0.25, 0.3) is 5.95 Å². The van der Waals surface area contributed by atoms with Crippen LogP contribution in [-0.4, -0.2) is 50.3 Å². The Hall–Kier alpha value is -3.75. The first kappa shape index (κ1) is 19.6. The van der Waals surface area contributed by atoms with E-state index in [1.54, 1.807) is 4.90 Å². The van der Waals surface area contributed by atoms with E-state index in [9.17, 15) is 14.7 Å². The summed E-state index contributed by atoms with van der Waals surface area (Å²) >= 11 is 0. The zero-order valence-corrected chi connectivity index (χ0v) is 16.7. The number of guanidine groups is 1. The Morgan fingerprint density at radius 3 is 2.73 bits per heavy atom. The van der Waals surface area contributed by atoms with Crippen LogP contribution in [0.4, 0.5) is 5.95 Å². The molecule has 0 aliphatic carbocycles. The highest BCUT2D eigenvalue weighted by Crippen LogP contribution is 2.20. The molecule has 1 aliphatic rings. The average Bonchev–Trinajstić information content (AvgIpc) is 3.09. The summed E-state index contributed by atoms with van der Waals surface area (Å²) in [6, 6.07) is 8.58. The zero-order chi connectivity index (χ0) is 21.3. The molecule has 1 unspecified atom stereocenters. The van der Waals surface area contributed by atoms with Crippen LogP contribution in [0.25, 0.3) is 10.9 Å². The first-order chi connectivity index (χ1) is 14.4. The molecule has 1 atom stereocenters. The number of rotatable bonds is 5. The number of nitrogens with one attached hydrogen (secondary N) is 2. The quantitative estimate of drug-likeness (QED) is 0.645. The monoisotopic (exact) mass is 405 g/mol. The molecule has 3 heterocycles. The molecular formula is C21H21N6O3-. The highest BCUT2D eigenvalue weighted by Gasteiger charge is 2.32. The van der Waals surface area contributed by atoms with Crippen molar-refractivity contribution in [2.45, 2.75) is 32.7 Å². The van der Waals surface area contributed by atoms with Crippen LogP contribution in [0.15, 0.2) is 41.5 Å². The van der Waals surface area contributed by atoms with E-state index >= 15 is 0 Å². The minimum absolute atomic E-state index is 0.116. The first-order valence-corrected chi connectivity index (χ1v) is 9.64. The number of aromatic nitrogens is 3. The van der Waals surface area contributed by atoms with Crippen LogP contribution in [0.1, 0.15) is 23.4 Å². The predicted octanol–water partition coefficient (Wildman–Crippen LogP) is 0.745. The summed E-state index contributed by atoms with van der Waals surface area (Å²) < 4.78 is 0. The van der Waals surface area contributed by atoms with E-state index in [0.717, 1.165) is 27.9 Å². The molecule has 0 bridgehead atoms. The van der Waals surface area contributed by atoms with Crippen molar-refractivity contribution in [2.75, 3.05) is 6.54 Å². The second kappa shape index (κ2) is 7.94. The zero-order valence-electron chi connectivity index (χ0n) is 16.7. The van der Waals surface area contributed by atoms with Gasteiger partial charge in [-0.2, -0.15) is 4.99 Å². The normalized spacial score (nSPS) is 18.1. The van der Waals surface area contributed by atoms with Gasteiger partial charge >= 0.3 is 0 Å². The maximum Gasteiger partial charge on any atom is 0.253 e. The number of carbonyl (C=O) groups is 2. The number of hydrogen-bond acceptors (Lipinski definition) is 6. The highest BCUT2D eigenvalue weighted by atomic mass is 16.4. The Morgan fingerprint density at radius 1 is 1.27 bits per heavy atom. The third-order valence-electron chi connectivity index (χ3n) is 5.02. The van der Waals surface area contributed by atoms with Gasteiger partial charge in [-0.25, -0.2) is 9.97 Å². The summed E-state index contributed by atoms with van der Waals surface area (Å²) in [5.74, 6) is -1.47. The third-order valence-corrected chi connectivity index (χ3v) is 5.02. The molecule has 0 radical (unpaired) electrons. The lowest BCUT2D eigenvalue weighted by molar-refractivity contribution is -0.311. The van der Waals surface area contributed by atoms with Crippen LogP contribution < -0.4 is 10.4 Å². The van der Waals surface area contributed by atoms with Crippen molar-refractivity contribution in [3.05, 3.63) is 53.5 Å². The number of hydrogen-bond donors (Lipinski definition) is 2. The topological polar surface area (TPSA) is 126 Å². The molecule has 3 aromatic rings. The van der Waals surface area contributed by atoms with Gasteiger partial charge < -0.3 is 19.8 Å². The predicted molar refractivity (Wildman–Crippen MR) is 109 cm³/mol. The van der Waals surface area contributed by atoms with Gasteiger partial charge in [-0.3, -0.25) is 10.1 Å². The first-order valence-electron chi connectivity index (χ1n) is 9.64. The van der Waals surface area contributed by atoms with E-state index in [1.807, 2.05) is 50.4 Å². The van der Waals surface area contributed by atoms with E-state index in [-0.39, 0.29) is 18.3 Å². The molecule has 0 spiro atoms. The van der Waals surface area contributed by atoms with Gasteiger partial charge in [0.05, 0.1) is 18.4 Å². The fourth-order valence-corrected chi connectivity index (χ4v) is 3.68. The Bertz CT molecular complexity index is 1130. The van der Waals surface area contributed by atoms with Gasteiger partial charge in [0, 0.05) is 35.0 Å². The van der Waals surface area contributed by atoms with Gasteiger partial charge in [-0.15, -0.1) is 0 Å². The Kier molecular flexibility index (Phi) is 5.18. The van der Waals surface area contributed by atoms with Gasteiger partial charge in [-0.1, -0.05) is 18.2 Å². The average molecular weight is 405 g/mol. The summed E-state index contributed by atoms with van der Waals surface area (Å²) in [7, 11) is 0. The molecule has 30 heavy (non-hydrogen) atoms. The van der Waals surface area contributed by atoms with Crippen molar-refractivity contribution in [3.63, 3.8) is 0 Å². The summed E-state index contributed by atoms with van der Waals surface area (Å²) in [6.45, 7) is 3.96. The van der Waals surface area contributed by atoms with E-state index < -0.39 is 17.9 Å². The van der Waals surface area contributed by atoms with Gasteiger partial charge in [0.15, 0.2) is 0 Å². The van der Waals surface area contributed by atoms with Crippen LogP contribution in [0, 0.1) is 13.8 Å². The summed E-state index contributed by atoms with van der Waals surface area (Å²) in [5.41, 5.74) is 3.51. The van der Waals surface area contributed by atoms with Crippen molar-refractivity contribution in [1.29, 1.82) is 0 Å². The number of carboxylic acids is 1. The maximum atomic E-state index is 12.1. The maximum absolute atomic E-state index is 12.1. The molecule has 1 fully saturated rings. The second-order valence-electron chi connectivity index (χ2n) is 7.28. The molecule has 1 saturated heterocycles. The van der Waals surface area contributed by atoms with Gasteiger partial charge in [-0.05, 0) is 38.0 Å². The van der Waals surface area contributed by atoms with Crippen molar-refractivity contribution < 1.29 is 14.7 Å². The van der Waals surface area contributed by atoms with Crippen LogP contribution >= 0.6 is 0 Å². The fraction of sp³-hybridized carbons (Fsp3) is 0.286. The SMILES string of the molecule is Cc1cc(C)nc(/N=C2\NC(=O)CC(C(=O)[O-])N2CCc2c[nH]c3ccccc23)n1. The number of carbonyl (C=O) groups excluding carboxylic acids is 2. The number of fused-ring (bicyclic) bond motifs is 1. The minimum Gasteiger partial charge on any atom is -0.548 e. The fourth-order valence-electron chi connectivity index (χ4n) is 3.68. The number of aromatic amines is 1. The van der Waals surface area contributed by atoms with Crippen molar-refractivity contribution >= 4 is 34.7 Å². The lowest BCUT2D eigenvalue weighted by atomic mass is 10.1. The molecular weight excluding hydrogens is 384 g/mol. The highest BCUT2D eigenvalue weighted by molar-refractivity contribution is 6.03. The van der Waals surface area contributed by atoms with Gasteiger partial charge in [0.2, 0.25) is 11.9 Å². The lowest BCUT2D eigenvalue weighted by Crippen LogP contribution is -2.61. The molecule has 2 N–H and O–H groups in total. The molecule has 1 amide bonds. The number of nitrogens with zero attached hydrogens (tertiary/aromatic N) is 4. The number of aliphatic carboxylic acids is 1. The van der Waals surface area contributed by atoms with E-state index in [4.69, 9.17) is 0 Å². The summed E-state index contributed by atoms with van der Waals surface area (Å²) in [5, 5.41) is 15.5. The van der Waals surface area contributed by atoms with Crippen molar-refractivity contribution in [3.8, 4) is 0 Å². The van der Waals surface area contributed by atoms with Gasteiger partial charge in [0.1, 0.15) is 0 Å². The smallest absolute Gasteiger partial charge is 0.253 e. The number of para-hydroxylation sites is 1. The van der Waals surface area contributed by atoms with E-state index in [1.165, 1.54) is 0 Å². The molecule has 9 heteroatoms. The molecule has 9 nitrogen and oxygen atoms in total. The molecule has 1 aromatic carbocycles. The molecule has 154 valence electrons. The standard InChI is InChI=1S/C21H22N6O3/c1-12-9-13(2)24-20(23-12)26-21-25-18(28)10-17(19(29)30)27(21)8-7-14-11-22-16-6-4-3-5-15(14)16/h3-6,9,11,17,22H,7-8,10H2,1-2H3,(H,29,30)(H,23,24,25,26,28)/p-1. The van der Waals surface area contributed by atoms with Crippen molar-refractivity contribution in [2.24, 2.45) is 4.99 Å². The Labute approximate surface area is 172 Å². The molecule has 4 rings (SSSR count). The summed E-state index contributed by atoms with van der Waals surface area (Å²) in [4.78, 5) is 41.5. The third kappa shape index (κ3) is 4.00. The number of benzene rings is 1. The van der Waals surface area contributed by atoms with Crippen molar-refractivity contribution in [1.82, 2.24) is 25.2 Å². The number of carboxylic acid groups (broad SMARTS) is 1. The minimum atomic E-state index is -1.32. The van der Waals surface area contributed by atoms with Crippen LogP contribution in [0.5, 0.6) is 0 Å². The molecule has 2 aromatic heterocycles. The summed E-state index contributed by atoms with van der Waals surface area (Å²) in [6.07, 6.45) is 2.25. The number of aryl methyl sites for hydroxylation is 2. The van der Waals surface area contributed by atoms with Crippen LogP contribution in [0.3, 0.4) is 0 Å². The lowest BCUT2D eigenvalue weighted by Gasteiger charge is -2.38. The largest absolute Gasteiger partial charge is 0.548 e. The number of aliphatic imine (C=N–C) groups is 1. The van der Waals surface area contributed by atoms with Crippen LogP contribution in [-0.2, 0) is 16.0 Å². The number of amides is 1. The molecule has 1 aliphatic heterocycles. The van der Waals surface area contributed by atoms with Crippen LogP contribution in [0.2, 0.25) is 0 Å². The van der Waals surface area contributed by atoms with E-state index in [0.29, 0.717) is 13.0 Å². The second-order valence-corrected chi connectivity index (χ2v) is 7.28. The number of H-pyrrole nitrogens is 1. The van der Waals surface area contributed by atoms with E-state index in [2.05, 4.69) is 25.3 Å².